The number of alkyl halides is 3. The first-order valence-corrected chi connectivity index (χ1v) is 10.7. The summed E-state index contributed by atoms with van der Waals surface area (Å²) in [5, 5.41) is 3.83. The molecule has 2 N–H and O–H groups in total. The fourth-order valence-corrected chi connectivity index (χ4v) is 4.25. The third-order valence-corrected chi connectivity index (χ3v) is 6.46. The second-order valence-corrected chi connectivity index (χ2v) is 8.57. The second kappa shape index (κ2) is 7.85. The summed E-state index contributed by atoms with van der Waals surface area (Å²) < 4.78 is 49.6. The molecule has 2 heterocycles. The number of H-pyrrole nitrogens is 1. The number of benzene rings is 2. The number of carbonyl (C=O) groups is 1. The number of fused-ring (bicyclic) bond motifs is 1. The van der Waals surface area contributed by atoms with E-state index >= 15 is 0 Å². The van der Waals surface area contributed by atoms with Gasteiger partial charge in [0.2, 0.25) is 5.91 Å². The van der Waals surface area contributed by atoms with Crippen molar-refractivity contribution in [3.63, 3.8) is 0 Å². The number of hydrogen-bond donors (Lipinski definition) is 2. The van der Waals surface area contributed by atoms with Crippen molar-refractivity contribution in [3.05, 3.63) is 59.8 Å². The van der Waals surface area contributed by atoms with E-state index in [0.29, 0.717) is 18.0 Å². The molecule has 1 saturated heterocycles. The zero-order valence-corrected chi connectivity index (χ0v) is 17.4. The minimum absolute atomic E-state index is 0.00435. The van der Waals surface area contributed by atoms with E-state index in [4.69, 9.17) is 9.47 Å². The molecular formula is C24H23F3N2O3. The molecule has 0 unspecified atom stereocenters. The van der Waals surface area contributed by atoms with Crippen LogP contribution in [-0.2, 0) is 15.7 Å². The number of aromatic nitrogens is 1. The first kappa shape index (κ1) is 20.9. The van der Waals surface area contributed by atoms with Gasteiger partial charge in [0.1, 0.15) is 5.75 Å². The van der Waals surface area contributed by atoms with Crippen molar-refractivity contribution in [1.29, 1.82) is 0 Å². The van der Waals surface area contributed by atoms with Crippen LogP contribution < -0.4 is 10.1 Å². The average Bonchev–Trinajstić information content (AvgIpc) is 3.10. The molecule has 0 radical (unpaired) electrons. The molecule has 1 aliphatic heterocycles. The van der Waals surface area contributed by atoms with Crippen molar-refractivity contribution in [2.75, 3.05) is 11.9 Å². The molecule has 5 nitrogen and oxygen atoms in total. The Labute approximate surface area is 182 Å². The zero-order valence-electron chi connectivity index (χ0n) is 17.4. The molecule has 2 fully saturated rings. The molecule has 3 aromatic rings. The molecule has 5 rings (SSSR count). The number of halogens is 3. The molecule has 2 aliphatic rings. The van der Waals surface area contributed by atoms with Gasteiger partial charge in [0.15, 0.2) is 0 Å². The Morgan fingerprint density at radius 1 is 1.16 bits per heavy atom. The minimum Gasteiger partial charge on any atom is -0.490 e. The zero-order chi connectivity index (χ0) is 22.5. The number of anilines is 1. The van der Waals surface area contributed by atoms with Gasteiger partial charge >= 0.3 is 6.18 Å². The van der Waals surface area contributed by atoms with Crippen molar-refractivity contribution in [2.24, 2.45) is 5.92 Å². The third kappa shape index (κ3) is 3.95. The van der Waals surface area contributed by atoms with E-state index < -0.39 is 11.7 Å². The first-order chi connectivity index (χ1) is 15.3. The Hall–Kier alpha value is -3.00. The molecule has 2 aromatic carbocycles. The van der Waals surface area contributed by atoms with Crippen LogP contribution in [0.25, 0.3) is 10.9 Å². The number of hydrogen-bond acceptors (Lipinski definition) is 3. The fraction of sp³-hybridized carbons (Fsp3) is 0.375. The summed E-state index contributed by atoms with van der Waals surface area (Å²) in [7, 11) is 0. The molecule has 1 aliphatic carbocycles. The summed E-state index contributed by atoms with van der Waals surface area (Å²) in [6, 6.07) is 11.1. The number of ether oxygens (including phenoxy) is 2. The minimum atomic E-state index is -4.32. The molecule has 2 atom stereocenters. The Kier molecular flexibility index (Phi) is 5.12. The number of nitrogens with one attached hydrogen (secondary N) is 2. The van der Waals surface area contributed by atoms with Crippen molar-refractivity contribution in [2.45, 2.75) is 44.1 Å². The van der Waals surface area contributed by atoms with Gasteiger partial charge in [0.25, 0.3) is 0 Å². The van der Waals surface area contributed by atoms with Crippen LogP contribution in [0.2, 0.25) is 0 Å². The predicted molar refractivity (Wildman–Crippen MR) is 114 cm³/mol. The van der Waals surface area contributed by atoms with E-state index in [1.165, 1.54) is 0 Å². The normalized spacial score (nSPS) is 25.1. The Bertz CT molecular complexity index is 1130. The molecule has 168 valence electrons. The van der Waals surface area contributed by atoms with Gasteiger partial charge in [-0.2, -0.15) is 13.2 Å². The van der Waals surface area contributed by atoms with Gasteiger partial charge in [-0.05, 0) is 61.6 Å². The SMILES string of the molecule is C[C@@H]1OC[C@@H]1C(=O)Nc1c[nH]c2ccc(O[C@H]3C[C@H](c4ccc(C(F)(F)F)cc4)C3)cc12. The van der Waals surface area contributed by atoms with Crippen LogP contribution in [0.5, 0.6) is 5.75 Å². The lowest BCUT2D eigenvalue weighted by molar-refractivity contribution is -0.147. The summed E-state index contributed by atoms with van der Waals surface area (Å²) in [5.41, 5.74) is 1.86. The molecule has 1 saturated carbocycles. The monoisotopic (exact) mass is 444 g/mol. The number of carbonyl (C=O) groups excluding carboxylic acids is 1. The maximum absolute atomic E-state index is 12.7. The van der Waals surface area contributed by atoms with Crippen LogP contribution in [0, 0.1) is 5.92 Å². The summed E-state index contributed by atoms with van der Waals surface area (Å²) in [6.07, 6.45) is -1.12. The molecule has 1 aromatic heterocycles. The highest BCUT2D eigenvalue weighted by Gasteiger charge is 2.35. The maximum Gasteiger partial charge on any atom is 0.416 e. The van der Waals surface area contributed by atoms with Crippen LogP contribution in [-0.4, -0.2) is 29.7 Å². The van der Waals surface area contributed by atoms with E-state index in [1.54, 1.807) is 18.3 Å². The standard InChI is InChI=1S/C24H23F3N2O3/c1-13-20(12-31-13)23(30)29-22-11-28-21-7-6-17(10-19(21)22)32-18-8-15(9-18)14-2-4-16(5-3-14)24(25,26)27/h2-7,10-11,13,15,18,20,28H,8-9,12H2,1H3,(H,29,30)/t13-,15-,18-,20-/m0/s1. The van der Waals surface area contributed by atoms with Gasteiger partial charge < -0.3 is 19.8 Å². The quantitative estimate of drug-likeness (QED) is 0.547. The van der Waals surface area contributed by atoms with Crippen molar-refractivity contribution >= 4 is 22.5 Å². The predicted octanol–water partition coefficient (Wildman–Crippen LogP) is 5.49. The van der Waals surface area contributed by atoms with Crippen LogP contribution in [0.1, 0.15) is 36.8 Å². The maximum atomic E-state index is 12.7. The molecule has 0 spiro atoms. The number of amides is 1. The lowest BCUT2D eigenvalue weighted by Gasteiger charge is -2.36. The topological polar surface area (TPSA) is 63.3 Å². The second-order valence-electron chi connectivity index (χ2n) is 8.57. The van der Waals surface area contributed by atoms with Gasteiger partial charge in [-0.3, -0.25) is 4.79 Å². The number of rotatable bonds is 5. The van der Waals surface area contributed by atoms with Crippen molar-refractivity contribution in [1.82, 2.24) is 4.98 Å². The third-order valence-electron chi connectivity index (χ3n) is 6.46. The smallest absolute Gasteiger partial charge is 0.416 e. The van der Waals surface area contributed by atoms with Gasteiger partial charge in [0.05, 0.1) is 36.0 Å². The number of aromatic amines is 1. The molecular weight excluding hydrogens is 421 g/mol. The largest absolute Gasteiger partial charge is 0.490 e. The first-order valence-electron chi connectivity index (χ1n) is 10.7. The summed E-state index contributed by atoms with van der Waals surface area (Å²) in [5.74, 6) is 0.689. The molecule has 32 heavy (non-hydrogen) atoms. The fourth-order valence-electron chi connectivity index (χ4n) is 4.25. The Balaban J connectivity index is 1.21. The van der Waals surface area contributed by atoms with Gasteiger partial charge in [-0.15, -0.1) is 0 Å². The highest BCUT2D eigenvalue weighted by molar-refractivity contribution is 6.03. The van der Waals surface area contributed by atoms with Crippen molar-refractivity contribution < 1.29 is 27.4 Å². The summed E-state index contributed by atoms with van der Waals surface area (Å²) >= 11 is 0. The lowest BCUT2D eigenvalue weighted by Crippen LogP contribution is -2.45. The van der Waals surface area contributed by atoms with Crippen molar-refractivity contribution in [3.8, 4) is 5.75 Å². The van der Waals surface area contributed by atoms with E-state index in [0.717, 1.165) is 41.4 Å². The van der Waals surface area contributed by atoms with Gasteiger partial charge in [-0.25, -0.2) is 0 Å². The highest BCUT2D eigenvalue weighted by Crippen LogP contribution is 2.41. The van der Waals surface area contributed by atoms with Crippen LogP contribution in [0.4, 0.5) is 18.9 Å². The van der Waals surface area contributed by atoms with E-state index in [2.05, 4.69) is 10.3 Å². The van der Waals surface area contributed by atoms with E-state index in [1.807, 2.05) is 25.1 Å². The average molecular weight is 444 g/mol. The van der Waals surface area contributed by atoms with E-state index in [-0.39, 0.29) is 30.0 Å². The lowest BCUT2D eigenvalue weighted by atomic mass is 9.77. The van der Waals surface area contributed by atoms with Crippen LogP contribution in [0.15, 0.2) is 48.7 Å². The Morgan fingerprint density at radius 2 is 1.91 bits per heavy atom. The summed E-state index contributed by atoms with van der Waals surface area (Å²) in [4.78, 5) is 15.6. The summed E-state index contributed by atoms with van der Waals surface area (Å²) in [6.45, 7) is 2.32. The van der Waals surface area contributed by atoms with E-state index in [9.17, 15) is 18.0 Å². The Morgan fingerprint density at radius 3 is 2.53 bits per heavy atom. The molecule has 0 bridgehead atoms. The molecule has 8 heteroatoms. The van der Waals surface area contributed by atoms with Gasteiger partial charge in [-0.1, -0.05) is 12.1 Å². The van der Waals surface area contributed by atoms with Gasteiger partial charge in [0, 0.05) is 17.1 Å². The van der Waals surface area contributed by atoms with Crippen LogP contribution >= 0.6 is 0 Å². The van der Waals surface area contributed by atoms with Crippen LogP contribution in [0.3, 0.4) is 0 Å². The highest BCUT2D eigenvalue weighted by atomic mass is 19.4. The molecule has 1 amide bonds.